The van der Waals surface area contributed by atoms with Crippen molar-refractivity contribution in [3.63, 3.8) is 0 Å². The summed E-state index contributed by atoms with van der Waals surface area (Å²) in [5, 5.41) is 10.6. The van der Waals surface area contributed by atoms with Crippen molar-refractivity contribution in [2.24, 2.45) is 0 Å². The second-order valence-corrected chi connectivity index (χ2v) is 7.07. The molecule has 0 radical (unpaired) electrons. The van der Waals surface area contributed by atoms with Crippen LogP contribution in [0.1, 0.15) is 38.7 Å². The highest BCUT2D eigenvalue weighted by molar-refractivity contribution is 9.10. The van der Waals surface area contributed by atoms with E-state index in [1.165, 1.54) is 25.3 Å². The van der Waals surface area contributed by atoms with E-state index in [0.29, 0.717) is 12.0 Å². The van der Waals surface area contributed by atoms with Gasteiger partial charge in [-0.2, -0.15) is 0 Å². The van der Waals surface area contributed by atoms with E-state index in [9.17, 15) is 9.50 Å². The second kappa shape index (κ2) is 6.54. The predicted octanol–water partition coefficient (Wildman–Crippen LogP) is 3.76. The second-order valence-electron chi connectivity index (χ2n) is 6.16. The number of benzene rings is 1. The van der Waals surface area contributed by atoms with Crippen molar-refractivity contribution < 1.29 is 9.50 Å². The molecule has 1 unspecified atom stereocenters. The number of piperidine rings is 1. The van der Waals surface area contributed by atoms with Crippen molar-refractivity contribution in [3.05, 3.63) is 34.1 Å². The molecule has 0 aliphatic carbocycles. The molecular formula is C16H23BrFNO. The topological polar surface area (TPSA) is 23.5 Å². The van der Waals surface area contributed by atoms with Crippen LogP contribution in [-0.2, 0) is 6.42 Å². The smallest absolute Gasteiger partial charge is 0.127 e. The lowest BCUT2D eigenvalue weighted by atomic mass is 9.88. The van der Waals surface area contributed by atoms with Crippen LogP contribution in [0.4, 0.5) is 4.39 Å². The summed E-state index contributed by atoms with van der Waals surface area (Å²) in [4.78, 5) is 2.33. The first kappa shape index (κ1) is 15.9. The molecule has 1 aromatic carbocycles. The first-order valence-corrected chi connectivity index (χ1v) is 8.07. The summed E-state index contributed by atoms with van der Waals surface area (Å²) in [5.41, 5.74) is 0.255. The maximum atomic E-state index is 13.9. The van der Waals surface area contributed by atoms with Crippen molar-refractivity contribution in [3.8, 4) is 0 Å². The average molecular weight is 344 g/mol. The summed E-state index contributed by atoms with van der Waals surface area (Å²) >= 11 is 3.25. The maximum Gasteiger partial charge on any atom is 0.127 e. The fourth-order valence-electron chi connectivity index (χ4n) is 2.83. The number of halogens is 2. The third kappa shape index (κ3) is 3.60. The van der Waals surface area contributed by atoms with Gasteiger partial charge in [0.1, 0.15) is 5.82 Å². The van der Waals surface area contributed by atoms with Crippen molar-refractivity contribution in [1.29, 1.82) is 0 Å². The van der Waals surface area contributed by atoms with E-state index < -0.39 is 6.10 Å². The van der Waals surface area contributed by atoms with Gasteiger partial charge in [-0.15, -0.1) is 0 Å². The molecule has 112 valence electrons. The van der Waals surface area contributed by atoms with E-state index in [2.05, 4.69) is 34.7 Å². The summed E-state index contributed by atoms with van der Waals surface area (Å²) in [7, 11) is 0. The van der Waals surface area contributed by atoms with Crippen LogP contribution in [0.3, 0.4) is 0 Å². The molecule has 2 nitrogen and oxygen atoms in total. The van der Waals surface area contributed by atoms with Crippen molar-refractivity contribution in [2.75, 3.05) is 13.1 Å². The van der Waals surface area contributed by atoms with E-state index in [1.807, 2.05) is 6.07 Å². The zero-order valence-corrected chi connectivity index (χ0v) is 13.8. The Balaban J connectivity index is 2.07. The average Bonchev–Trinajstić information content (AvgIpc) is 2.42. The number of aliphatic hydroxyl groups excluding tert-OH is 1. The predicted molar refractivity (Wildman–Crippen MR) is 83.3 cm³/mol. The van der Waals surface area contributed by atoms with Gasteiger partial charge in [0.25, 0.3) is 0 Å². The molecule has 4 heteroatoms. The molecule has 1 saturated heterocycles. The lowest BCUT2D eigenvalue weighted by molar-refractivity contribution is -0.0190. The minimum atomic E-state index is -0.573. The maximum absolute atomic E-state index is 13.9. The summed E-state index contributed by atoms with van der Waals surface area (Å²) < 4.78 is 14.6. The molecule has 0 spiro atoms. The van der Waals surface area contributed by atoms with Gasteiger partial charge in [-0.25, -0.2) is 4.39 Å². The molecular weight excluding hydrogens is 321 g/mol. The SMILES string of the molecule is CC(C)(C(O)Cc1ccc(Br)cc1F)N1CCCCC1. The lowest BCUT2D eigenvalue weighted by Crippen LogP contribution is -2.54. The fourth-order valence-corrected chi connectivity index (χ4v) is 3.16. The van der Waals surface area contributed by atoms with E-state index in [-0.39, 0.29) is 11.4 Å². The zero-order chi connectivity index (χ0) is 14.8. The third-order valence-corrected chi connectivity index (χ3v) is 4.91. The highest BCUT2D eigenvalue weighted by Gasteiger charge is 2.35. The van der Waals surface area contributed by atoms with Gasteiger partial charge in [0, 0.05) is 16.4 Å². The highest BCUT2D eigenvalue weighted by Crippen LogP contribution is 2.27. The van der Waals surface area contributed by atoms with E-state index in [0.717, 1.165) is 17.6 Å². The Morgan fingerprint density at radius 2 is 1.95 bits per heavy atom. The van der Waals surface area contributed by atoms with Gasteiger partial charge in [-0.3, -0.25) is 4.90 Å². The third-order valence-electron chi connectivity index (χ3n) is 4.41. The van der Waals surface area contributed by atoms with Crippen LogP contribution >= 0.6 is 15.9 Å². The molecule has 20 heavy (non-hydrogen) atoms. The van der Waals surface area contributed by atoms with Gasteiger partial charge < -0.3 is 5.11 Å². The minimum absolute atomic E-state index is 0.257. The van der Waals surface area contributed by atoms with E-state index >= 15 is 0 Å². The van der Waals surface area contributed by atoms with Gasteiger partial charge in [-0.1, -0.05) is 28.4 Å². The molecule has 1 atom stereocenters. The molecule has 0 bridgehead atoms. The van der Waals surface area contributed by atoms with Crippen LogP contribution in [-0.4, -0.2) is 34.7 Å². The van der Waals surface area contributed by atoms with Gasteiger partial charge in [0.05, 0.1) is 6.10 Å². The summed E-state index contributed by atoms with van der Waals surface area (Å²) in [5.74, 6) is -0.257. The van der Waals surface area contributed by atoms with Gasteiger partial charge in [0.2, 0.25) is 0 Å². The van der Waals surface area contributed by atoms with Gasteiger partial charge in [0.15, 0.2) is 0 Å². The molecule has 0 aromatic heterocycles. The van der Waals surface area contributed by atoms with Crippen molar-refractivity contribution >= 4 is 15.9 Å². The number of hydrogen-bond donors (Lipinski definition) is 1. The summed E-state index contributed by atoms with van der Waals surface area (Å²) in [6.07, 6.45) is 3.41. The quantitative estimate of drug-likeness (QED) is 0.899. The number of aliphatic hydroxyl groups is 1. The number of hydrogen-bond acceptors (Lipinski definition) is 2. The van der Waals surface area contributed by atoms with Crippen LogP contribution in [0.25, 0.3) is 0 Å². The standard InChI is InChI=1S/C16H23BrFNO/c1-16(2,19-8-4-3-5-9-19)15(20)10-12-6-7-13(17)11-14(12)18/h6-7,11,15,20H,3-5,8-10H2,1-2H3. The van der Waals surface area contributed by atoms with Crippen molar-refractivity contribution in [1.82, 2.24) is 4.90 Å². The van der Waals surface area contributed by atoms with Crippen molar-refractivity contribution in [2.45, 2.75) is 51.2 Å². The molecule has 1 fully saturated rings. The Morgan fingerprint density at radius 1 is 1.30 bits per heavy atom. The molecule has 1 heterocycles. The van der Waals surface area contributed by atoms with E-state index in [4.69, 9.17) is 0 Å². The lowest BCUT2D eigenvalue weighted by Gasteiger charge is -2.44. The van der Waals surface area contributed by atoms with Gasteiger partial charge >= 0.3 is 0 Å². The first-order chi connectivity index (χ1) is 9.41. The van der Waals surface area contributed by atoms with Crippen LogP contribution < -0.4 is 0 Å². The van der Waals surface area contributed by atoms with Gasteiger partial charge in [-0.05, 0) is 57.5 Å². The minimum Gasteiger partial charge on any atom is -0.391 e. The Labute approximate surface area is 129 Å². The molecule has 1 aliphatic rings. The van der Waals surface area contributed by atoms with Crippen LogP contribution in [0.15, 0.2) is 22.7 Å². The summed E-state index contributed by atoms with van der Waals surface area (Å²) in [6.45, 7) is 6.15. The Bertz CT molecular complexity index is 458. The summed E-state index contributed by atoms with van der Waals surface area (Å²) in [6, 6.07) is 5.02. The zero-order valence-electron chi connectivity index (χ0n) is 12.2. The molecule has 1 aromatic rings. The number of nitrogens with zero attached hydrogens (tertiary/aromatic N) is 1. The van der Waals surface area contributed by atoms with Crippen LogP contribution in [0.2, 0.25) is 0 Å². The highest BCUT2D eigenvalue weighted by atomic mass is 79.9. The molecule has 1 aliphatic heterocycles. The monoisotopic (exact) mass is 343 g/mol. The Kier molecular flexibility index (Phi) is 5.21. The normalized spacial score (nSPS) is 19.1. The molecule has 0 saturated carbocycles. The molecule has 2 rings (SSSR count). The van der Waals surface area contributed by atoms with Crippen LogP contribution in [0.5, 0.6) is 0 Å². The number of likely N-dealkylation sites (tertiary alicyclic amines) is 1. The Morgan fingerprint density at radius 3 is 2.55 bits per heavy atom. The number of rotatable bonds is 4. The fraction of sp³-hybridized carbons (Fsp3) is 0.625. The van der Waals surface area contributed by atoms with E-state index in [1.54, 1.807) is 6.07 Å². The Hall–Kier alpha value is -0.450. The molecule has 1 N–H and O–H groups in total. The largest absolute Gasteiger partial charge is 0.391 e. The van der Waals surface area contributed by atoms with Crippen LogP contribution in [0, 0.1) is 5.82 Å². The molecule has 0 amide bonds. The first-order valence-electron chi connectivity index (χ1n) is 7.28.